The van der Waals surface area contributed by atoms with Gasteiger partial charge >= 0.3 is 0 Å². The minimum Gasteiger partial charge on any atom is -0.493 e. The number of hydrogen-bond acceptors (Lipinski definition) is 3. The zero-order valence-electron chi connectivity index (χ0n) is 18.0. The van der Waals surface area contributed by atoms with Crippen LogP contribution in [0.2, 0.25) is 0 Å². The molecule has 0 aromatic heterocycles. The Labute approximate surface area is 179 Å². The van der Waals surface area contributed by atoms with Crippen LogP contribution in [0, 0.1) is 5.41 Å². The third-order valence-electron chi connectivity index (χ3n) is 6.70. The van der Waals surface area contributed by atoms with Crippen molar-refractivity contribution < 1.29 is 23.0 Å². The van der Waals surface area contributed by atoms with E-state index in [1.54, 1.807) is 0 Å². The Balaban J connectivity index is 1.65. The maximum atomic E-state index is 14.4. The molecule has 1 unspecified atom stereocenters. The van der Waals surface area contributed by atoms with E-state index in [0.717, 1.165) is 43.2 Å². The summed E-state index contributed by atoms with van der Waals surface area (Å²) in [5, 5.41) is 2.79. The molecule has 1 aromatic carbocycles. The SMILES string of the molecule is BC(B)(B)O[C@H]1CC[C@]2(CC1)Cc1ccc(OCCCF)cc1C21C=C(F)C(=O)N1. The molecule has 0 saturated heterocycles. The smallest absolute Gasteiger partial charge is 0.280 e. The van der Waals surface area contributed by atoms with Crippen molar-refractivity contribution in [3.8, 4) is 5.75 Å². The van der Waals surface area contributed by atoms with Gasteiger partial charge in [-0.25, -0.2) is 4.39 Å². The van der Waals surface area contributed by atoms with Crippen LogP contribution < -0.4 is 10.1 Å². The molecule has 1 N–H and O–H groups in total. The molecule has 9 heteroatoms. The van der Waals surface area contributed by atoms with Crippen LogP contribution in [0.4, 0.5) is 8.78 Å². The van der Waals surface area contributed by atoms with Gasteiger partial charge in [-0.15, -0.1) is 0 Å². The fraction of sp³-hybridized carbons (Fsp3) is 0.571. The molecule has 1 aliphatic heterocycles. The second-order valence-corrected chi connectivity index (χ2v) is 9.85. The summed E-state index contributed by atoms with van der Waals surface area (Å²) in [6.07, 6.45) is 6.18. The van der Waals surface area contributed by atoms with Crippen molar-refractivity contribution in [2.45, 2.75) is 55.5 Å². The minimum absolute atomic E-state index is 0.168. The number of carbonyl (C=O) groups is 1. The zero-order valence-corrected chi connectivity index (χ0v) is 18.0. The van der Waals surface area contributed by atoms with Gasteiger partial charge in [-0.05, 0) is 66.7 Å². The molecule has 1 aromatic rings. The van der Waals surface area contributed by atoms with E-state index in [2.05, 4.69) is 28.9 Å². The van der Waals surface area contributed by atoms with Gasteiger partial charge in [0.25, 0.3) is 5.91 Å². The second kappa shape index (κ2) is 7.74. The van der Waals surface area contributed by atoms with Gasteiger partial charge in [-0.2, -0.15) is 0 Å². The summed E-state index contributed by atoms with van der Waals surface area (Å²) in [6.45, 7) is -0.143. The average Bonchev–Trinajstić information content (AvgIpc) is 3.11. The fourth-order valence-electron chi connectivity index (χ4n) is 5.49. The Kier molecular flexibility index (Phi) is 5.54. The lowest BCUT2D eigenvalue weighted by Gasteiger charge is -2.48. The van der Waals surface area contributed by atoms with E-state index >= 15 is 0 Å². The molecule has 1 atom stereocenters. The van der Waals surface area contributed by atoms with Crippen LogP contribution in [-0.2, 0) is 21.5 Å². The summed E-state index contributed by atoms with van der Waals surface area (Å²) in [6, 6.07) is 5.79. The molecule has 1 saturated carbocycles. The summed E-state index contributed by atoms with van der Waals surface area (Å²) in [5.41, 5.74) is 0.856. The Morgan fingerprint density at radius 1 is 1.23 bits per heavy atom. The number of ether oxygens (including phenoxy) is 2. The predicted octanol–water partition coefficient (Wildman–Crippen LogP) is 0.616. The quantitative estimate of drug-likeness (QED) is 0.550. The summed E-state index contributed by atoms with van der Waals surface area (Å²) < 4.78 is 38.8. The molecule has 1 amide bonds. The van der Waals surface area contributed by atoms with Crippen LogP contribution in [0.1, 0.15) is 43.2 Å². The molecular weight excluding hydrogens is 385 g/mol. The van der Waals surface area contributed by atoms with Gasteiger partial charge in [0.15, 0.2) is 5.83 Å². The number of fused-ring (bicyclic) bond motifs is 3. The van der Waals surface area contributed by atoms with E-state index in [1.165, 1.54) is 6.08 Å². The minimum atomic E-state index is -0.865. The normalized spacial score (nSPS) is 30.4. The third-order valence-corrected chi connectivity index (χ3v) is 6.70. The van der Waals surface area contributed by atoms with Gasteiger partial charge in [0.2, 0.25) is 0 Å². The molecular formula is C21H28B3F2NO3. The molecule has 2 spiro atoms. The van der Waals surface area contributed by atoms with Gasteiger partial charge in [0.05, 0.1) is 24.9 Å². The first-order valence-electron chi connectivity index (χ1n) is 10.9. The highest BCUT2D eigenvalue weighted by Gasteiger charge is 2.61. The topological polar surface area (TPSA) is 47.6 Å². The molecule has 158 valence electrons. The largest absolute Gasteiger partial charge is 0.493 e. The first-order chi connectivity index (χ1) is 14.2. The molecule has 1 fully saturated rings. The van der Waals surface area contributed by atoms with E-state index in [0.29, 0.717) is 12.2 Å². The van der Waals surface area contributed by atoms with Crippen molar-refractivity contribution >= 4 is 29.4 Å². The lowest BCUT2D eigenvalue weighted by atomic mass is 9.52. The number of rotatable bonds is 6. The van der Waals surface area contributed by atoms with Crippen LogP contribution in [-0.4, -0.2) is 54.1 Å². The van der Waals surface area contributed by atoms with Crippen LogP contribution in [0.15, 0.2) is 30.1 Å². The Hall–Kier alpha value is -1.76. The van der Waals surface area contributed by atoms with Crippen molar-refractivity contribution in [2.75, 3.05) is 13.3 Å². The summed E-state index contributed by atoms with van der Waals surface area (Å²) in [5.74, 6) is -0.753. The number of alkyl halides is 1. The third kappa shape index (κ3) is 3.70. The number of amides is 1. The van der Waals surface area contributed by atoms with Crippen molar-refractivity contribution in [2.24, 2.45) is 5.41 Å². The molecule has 4 rings (SSSR count). The first-order valence-corrected chi connectivity index (χ1v) is 10.9. The number of nitrogens with one attached hydrogen (secondary N) is 1. The molecule has 3 aliphatic rings. The number of carbonyl (C=O) groups excluding carboxylic acids is 1. The fourth-order valence-corrected chi connectivity index (χ4v) is 5.49. The molecule has 0 radical (unpaired) electrons. The van der Waals surface area contributed by atoms with Crippen LogP contribution in [0.3, 0.4) is 0 Å². The maximum Gasteiger partial charge on any atom is 0.280 e. The van der Waals surface area contributed by atoms with E-state index in [4.69, 9.17) is 9.47 Å². The van der Waals surface area contributed by atoms with E-state index < -0.39 is 23.9 Å². The van der Waals surface area contributed by atoms with Gasteiger partial charge in [0, 0.05) is 11.8 Å². The highest BCUT2D eigenvalue weighted by molar-refractivity contribution is 6.58. The average molecular weight is 413 g/mol. The summed E-state index contributed by atoms with van der Waals surface area (Å²) in [7, 11) is 6.18. The Morgan fingerprint density at radius 2 is 1.97 bits per heavy atom. The van der Waals surface area contributed by atoms with E-state index in [9.17, 15) is 13.6 Å². The number of benzene rings is 1. The van der Waals surface area contributed by atoms with Crippen molar-refractivity contribution in [3.05, 3.63) is 41.2 Å². The van der Waals surface area contributed by atoms with Crippen LogP contribution in [0.5, 0.6) is 5.75 Å². The van der Waals surface area contributed by atoms with Gasteiger partial charge in [-0.1, -0.05) is 6.07 Å². The Morgan fingerprint density at radius 3 is 2.57 bits per heavy atom. The lowest BCUT2D eigenvalue weighted by Crippen LogP contribution is -2.53. The number of hydrogen-bond donors (Lipinski definition) is 1. The highest BCUT2D eigenvalue weighted by atomic mass is 19.1. The van der Waals surface area contributed by atoms with E-state index in [-0.39, 0.29) is 23.4 Å². The highest BCUT2D eigenvalue weighted by Crippen LogP contribution is 2.60. The number of halogens is 2. The molecule has 4 nitrogen and oxygen atoms in total. The summed E-state index contributed by atoms with van der Waals surface area (Å²) in [4.78, 5) is 12.3. The maximum absolute atomic E-state index is 14.4. The molecule has 0 bridgehead atoms. The molecule has 2 aliphatic carbocycles. The van der Waals surface area contributed by atoms with E-state index in [1.807, 2.05) is 18.2 Å². The second-order valence-electron chi connectivity index (χ2n) is 9.85. The van der Waals surface area contributed by atoms with Crippen molar-refractivity contribution in [1.82, 2.24) is 5.32 Å². The standard InChI is InChI=1S/C21H28B3F2NO3/c22-21(23,24)30-14-4-6-19(7-5-14)11-13-2-3-15(29-9-1-8-25)10-16(13)20(19)12-17(26)18(28)27-20/h2-3,10,12,14H,1,4-9,11,22-24H2,(H,27,28)/t14-,19-,20?. The van der Waals surface area contributed by atoms with Crippen molar-refractivity contribution in [3.63, 3.8) is 0 Å². The van der Waals surface area contributed by atoms with Gasteiger partial charge < -0.3 is 14.8 Å². The summed E-state index contributed by atoms with van der Waals surface area (Å²) >= 11 is 0. The monoisotopic (exact) mass is 413 g/mol. The van der Waals surface area contributed by atoms with Crippen LogP contribution in [0.25, 0.3) is 0 Å². The lowest BCUT2D eigenvalue weighted by molar-refractivity contribution is -0.120. The van der Waals surface area contributed by atoms with Gasteiger partial charge in [-0.3, -0.25) is 9.18 Å². The van der Waals surface area contributed by atoms with Crippen molar-refractivity contribution in [1.29, 1.82) is 0 Å². The zero-order chi connectivity index (χ0) is 21.6. The predicted molar refractivity (Wildman–Crippen MR) is 119 cm³/mol. The van der Waals surface area contributed by atoms with Crippen LogP contribution >= 0.6 is 0 Å². The van der Waals surface area contributed by atoms with Gasteiger partial charge in [0.1, 0.15) is 29.3 Å². The Bertz CT molecular complexity index is 866. The molecule has 30 heavy (non-hydrogen) atoms. The molecule has 1 heterocycles. The first kappa shape index (κ1) is 21.5.